The van der Waals surface area contributed by atoms with Crippen LogP contribution in [-0.2, 0) is 19.6 Å². The number of methoxy groups -OCH3 is 2. The minimum Gasteiger partial charge on any atom is -0.497 e. The van der Waals surface area contributed by atoms with Crippen LogP contribution in [0.25, 0.3) is 0 Å². The Morgan fingerprint density at radius 2 is 1.79 bits per heavy atom. The van der Waals surface area contributed by atoms with Crippen molar-refractivity contribution in [3.8, 4) is 11.8 Å². The molecule has 0 heterocycles. The Morgan fingerprint density at radius 3 is 2.34 bits per heavy atom. The summed E-state index contributed by atoms with van der Waals surface area (Å²) in [5.74, 6) is -0.943. The summed E-state index contributed by atoms with van der Waals surface area (Å²) in [6.07, 6.45) is 0. The molecular weight excluding hydrogens is 398 g/mol. The summed E-state index contributed by atoms with van der Waals surface area (Å²) in [6, 6.07) is 11.6. The molecule has 0 saturated carbocycles. The number of nitrogens with one attached hydrogen (secondary N) is 1. The van der Waals surface area contributed by atoms with Gasteiger partial charge in [0.15, 0.2) is 0 Å². The summed E-state index contributed by atoms with van der Waals surface area (Å²) in [6.45, 7) is -0.491. The normalized spacial score (nSPS) is 10.9. The lowest BCUT2D eigenvalue weighted by Crippen LogP contribution is -2.35. The van der Waals surface area contributed by atoms with Gasteiger partial charge in [0.1, 0.15) is 5.75 Å². The van der Waals surface area contributed by atoms with E-state index < -0.39 is 28.4 Å². The van der Waals surface area contributed by atoms with Crippen LogP contribution in [-0.4, -0.2) is 52.4 Å². The second-order valence-corrected chi connectivity index (χ2v) is 7.89. The van der Waals surface area contributed by atoms with Gasteiger partial charge in [0.25, 0.3) is 0 Å². The van der Waals surface area contributed by atoms with E-state index in [9.17, 15) is 18.0 Å². The number of amides is 1. The molecule has 0 fully saturated rings. The van der Waals surface area contributed by atoms with Gasteiger partial charge in [-0.25, -0.2) is 13.2 Å². The first-order valence-corrected chi connectivity index (χ1v) is 9.69. The van der Waals surface area contributed by atoms with Gasteiger partial charge in [0.2, 0.25) is 15.9 Å². The molecule has 0 aliphatic heterocycles. The van der Waals surface area contributed by atoms with E-state index in [0.29, 0.717) is 11.3 Å². The molecular formula is C19H19N3O6S. The Balaban J connectivity index is 2.18. The summed E-state index contributed by atoms with van der Waals surface area (Å²) in [7, 11) is -0.0614. The Kier molecular flexibility index (Phi) is 6.93. The Labute approximate surface area is 168 Å². The van der Waals surface area contributed by atoms with Gasteiger partial charge in [0, 0.05) is 7.05 Å². The maximum absolute atomic E-state index is 12.6. The average Bonchev–Trinajstić information content (AvgIpc) is 2.73. The highest BCUT2D eigenvalue weighted by atomic mass is 32.2. The van der Waals surface area contributed by atoms with Crippen LogP contribution in [0.3, 0.4) is 0 Å². The molecule has 0 aliphatic carbocycles. The van der Waals surface area contributed by atoms with Gasteiger partial charge in [0.05, 0.1) is 48.5 Å². The van der Waals surface area contributed by atoms with Gasteiger partial charge in [-0.3, -0.25) is 4.79 Å². The lowest BCUT2D eigenvalue weighted by Gasteiger charge is -2.17. The van der Waals surface area contributed by atoms with Crippen LogP contribution in [0.5, 0.6) is 5.75 Å². The van der Waals surface area contributed by atoms with E-state index in [4.69, 9.17) is 14.7 Å². The maximum atomic E-state index is 12.6. The third kappa shape index (κ3) is 5.10. The highest BCUT2D eigenvalue weighted by Gasteiger charge is 2.24. The summed E-state index contributed by atoms with van der Waals surface area (Å²) in [5, 5.41) is 11.3. The first-order valence-electron chi connectivity index (χ1n) is 8.25. The molecule has 0 atom stereocenters. The topological polar surface area (TPSA) is 126 Å². The Morgan fingerprint density at radius 1 is 1.14 bits per heavy atom. The van der Waals surface area contributed by atoms with Crippen molar-refractivity contribution in [1.82, 2.24) is 4.31 Å². The minimum absolute atomic E-state index is 0.0495. The Hall–Kier alpha value is -3.42. The van der Waals surface area contributed by atoms with Crippen molar-refractivity contribution in [3.63, 3.8) is 0 Å². The van der Waals surface area contributed by atoms with Crippen LogP contribution in [0.1, 0.15) is 15.9 Å². The number of hydrogen-bond donors (Lipinski definition) is 1. The second-order valence-electron chi connectivity index (χ2n) is 5.85. The van der Waals surface area contributed by atoms with E-state index >= 15 is 0 Å². The SMILES string of the molecule is COC(=O)c1cc(OC)ccc1NC(=O)CN(C)S(=O)(=O)c1ccc(C#N)cc1. The smallest absolute Gasteiger partial charge is 0.340 e. The van der Waals surface area contributed by atoms with Gasteiger partial charge in [-0.15, -0.1) is 0 Å². The molecule has 0 aromatic heterocycles. The van der Waals surface area contributed by atoms with Crippen molar-refractivity contribution < 1.29 is 27.5 Å². The van der Waals surface area contributed by atoms with Crippen LogP contribution in [0.2, 0.25) is 0 Å². The van der Waals surface area contributed by atoms with Gasteiger partial charge >= 0.3 is 5.97 Å². The summed E-state index contributed by atoms with van der Waals surface area (Å²) in [4.78, 5) is 24.3. The molecule has 2 rings (SSSR count). The number of carbonyl (C=O) groups is 2. The lowest BCUT2D eigenvalue weighted by atomic mass is 10.1. The molecule has 0 spiro atoms. The minimum atomic E-state index is -3.94. The highest BCUT2D eigenvalue weighted by molar-refractivity contribution is 7.89. The predicted octanol–water partition coefficient (Wildman–Crippen LogP) is 1.61. The molecule has 0 bridgehead atoms. The number of carbonyl (C=O) groups excluding carboxylic acids is 2. The molecule has 0 unspecified atom stereocenters. The van der Waals surface area contributed by atoms with E-state index in [0.717, 1.165) is 4.31 Å². The van der Waals surface area contributed by atoms with Crippen LogP contribution >= 0.6 is 0 Å². The van der Waals surface area contributed by atoms with E-state index in [-0.39, 0.29) is 16.1 Å². The van der Waals surface area contributed by atoms with Crippen LogP contribution in [0.15, 0.2) is 47.4 Å². The largest absolute Gasteiger partial charge is 0.497 e. The van der Waals surface area contributed by atoms with Crippen molar-refractivity contribution in [2.45, 2.75) is 4.90 Å². The molecule has 0 radical (unpaired) electrons. The third-order valence-corrected chi connectivity index (χ3v) is 5.78. The number of hydrogen-bond acceptors (Lipinski definition) is 7. The molecule has 9 nitrogen and oxygen atoms in total. The van der Waals surface area contributed by atoms with Crippen molar-refractivity contribution >= 4 is 27.6 Å². The number of rotatable bonds is 7. The number of nitrogens with zero attached hydrogens (tertiary/aromatic N) is 2. The number of sulfonamides is 1. The zero-order valence-electron chi connectivity index (χ0n) is 16.0. The molecule has 1 amide bonds. The molecule has 10 heteroatoms. The second kappa shape index (κ2) is 9.18. The zero-order valence-corrected chi connectivity index (χ0v) is 16.8. The summed E-state index contributed by atoms with van der Waals surface area (Å²) in [5.41, 5.74) is 0.545. The summed E-state index contributed by atoms with van der Waals surface area (Å²) < 4.78 is 35.8. The van der Waals surface area contributed by atoms with Gasteiger partial charge < -0.3 is 14.8 Å². The van der Waals surface area contributed by atoms with Crippen molar-refractivity contribution in [1.29, 1.82) is 5.26 Å². The van der Waals surface area contributed by atoms with Crippen LogP contribution < -0.4 is 10.1 Å². The number of ether oxygens (including phenoxy) is 2. The first-order chi connectivity index (χ1) is 13.7. The van der Waals surface area contributed by atoms with Gasteiger partial charge in [-0.05, 0) is 42.5 Å². The maximum Gasteiger partial charge on any atom is 0.340 e. The van der Waals surface area contributed by atoms with E-state index in [1.807, 2.05) is 6.07 Å². The predicted molar refractivity (Wildman–Crippen MR) is 104 cm³/mol. The number of likely N-dealkylation sites (N-methyl/N-ethyl adjacent to an activating group) is 1. The van der Waals surface area contributed by atoms with E-state index in [1.165, 1.54) is 57.7 Å². The fourth-order valence-electron chi connectivity index (χ4n) is 2.40. The van der Waals surface area contributed by atoms with Gasteiger partial charge in [-0.1, -0.05) is 0 Å². The fraction of sp³-hybridized carbons (Fsp3) is 0.211. The Bertz CT molecular complexity index is 1060. The highest BCUT2D eigenvalue weighted by Crippen LogP contribution is 2.23. The lowest BCUT2D eigenvalue weighted by molar-refractivity contribution is -0.116. The average molecular weight is 417 g/mol. The number of anilines is 1. The molecule has 29 heavy (non-hydrogen) atoms. The van der Waals surface area contributed by atoms with E-state index in [1.54, 1.807) is 6.07 Å². The molecule has 2 aromatic rings. The molecule has 0 aliphatic rings. The van der Waals surface area contributed by atoms with Crippen molar-refractivity contribution in [3.05, 3.63) is 53.6 Å². The summed E-state index contributed by atoms with van der Waals surface area (Å²) >= 11 is 0. The van der Waals surface area contributed by atoms with E-state index in [2.05, 4.69) is 5.32 Å². The number of benzene rings is 2. The molecule has 2 aromatic carbocycles. The zero-order chi connectivity index (χ0) is 21.6. The monoisotopic (exact) mass is 417 g/mol. The standard InChI is InChI=1S/C19H19N3O6S/c1-22(29(25,26)15-7-4-13(11-20)5-8-15)12-18(23)21-17-9-6-14(27-2)10-16(17)19(24)28-3/h4-10H,12H2,1-3H3,(H,21,23). The number of esters is 1. The van der Waals surface area contributed by atoms with Gasteiger partial charge in [-0.2, -0.15) is 9.57 Å². The van der Waals surface area contributed by atoms with Crippen molar-refractivity contribution in [2.75, 3.05) is 33.1 Å². The molecule has 0 saturated heterocycles. The molecule has 152 valence electrons. The quantitative estimate of drug-likeness (QED) is 0.678. The van der Waals surface area contributed by atoms with Crippen LogP contribution in [0, 0.1) is 11.3 Å². The van der Waals surface area contributed by atoms with Crippen molar-refractivity contribution in [2.24, 2.45) is 0 Å². The number of nitriles is 1. The third-order valence-electron chi connectivity index (χ3n) is 3.96. The fourth-order valence-corrected chi connectivity index (χ4v) is 3.52. The first kappa shape index (κ1) is 21.9. The van der Waals surface area contributed by atoms with Crippen LogP contribution in [0.4, 0.5) is 5.69 Å². The molecule has 1 N–H and O–H groups in total.